The van der Waals surface area contributed by atoms with Crippen LogP contribution in [0.4, 0.5) is 5.82 Å². The van der Waals surface area contributed by atoms with E-state index < -0.39 is 6.10 Å². The summed E-state index contributed by atoms with van der Waals surface area (Å²) in [4.78, 5) is 29.3. The molecule has 3 heterocycles. The van der Waals surface area contributed by atoms with Crippen molar-refractivity contribution in [3.63, 3.8) is 0 Å². The van der Waals surface area contributed by atoms with Crippen LogP contribution in [0, 0.1) is 0 Å². The van der Waals surface area contributed by atoms with E-state index in [1.807, 2.05) is 25.4 Å². The van der Waals surface area contributed by atoms with E-state index in [4.69, 9.17) is 19.2 Å². The van der Waals surface area contributed by atoms with E-state index in [9.17, 15) is 4.79 Å². The summed E-state index contributed by atoms with van der Waals surface area (Å²) < 4.78 is 17.0. The van der Waals surface area contributed by atoms with Crippen molar-refractivity contribution in [3.05, 3.63) is 40.9 Å². The zero-order valence-electron chi connectivity index (χ0n) is 19.5. The summed E-state index contributed by atoms with van der Waals surface area (Å²) in [6.07, 6.45) is 8.37. The summed E-state index contributed by atoms with van der Waals surface area (Å²) in [5.41, 5.74) is 2.91. The second-order valence-corrected chi connectivity index (χ2v) is 8.38. The highest BCUT2D eigenvalue weighted by Crippen LogP contribution is 2.28. The zero-order chi connectivity index (χ0) is 23.2. The van der Waals surface area contributed by atoms with Crippen molar-refractivity contribution in [3.8, 4) is 0 Å². The number of fused-ring (bicyclic) bond motifs is 2. The number of rotatable bonds is 4. The van der Waals surface area contributed by atoms with Gasteiger partial charge < -0.3 is 34.3 Å². The number of hydrogen-bond donors (Lipinski definition) is 2. The van der Waals surface area contributed by atoms with Crippen molar-refractivity contribution in [2.24, 2.45) is 9.98 Å². The lowest BCUT2D eigenvalue weighted by atomic mass is 10.1. The number of likely N-dealkylation sites (N-methyl/N-ethyl adjacent to an activating group) is 1. The first-order valence-corrected chi connectivity index (χ1v) is 11.2. The van der Waals surface area contributed by atoms with Gasteiger partial charge in [0.05, 0.1) is 18.5 Å². The average Bonchev–Trinajstić information content (AvgIpc) is 3.21. The Morgan fingerprint density at radius 2 is 2.12 bits per heavy atom. The van der Waals surface area contributed by atoms with Crippen molar-refractivity contribution in [2.45, 2.75) is 25.5 Å². The first kappa shape index (κ1) is 23.2. The van der Waals surface area contributed by atoms with E-state index >= 15 is 0 Å². The molecule has 33 heavy (non-hydrogen) atoms. The number of carbonyl (C=O) groups excluding carboxylic acids is 1. The van der Waals surface area contributed by atoms with Gasteiger partial charge in [0, 0.05) is 45.6 Å². The largest absolute Gasteiger partial charge is 0.493 e. The minimum atomic E-state index is -0.404. The molecular formula is C23H32N6O4. The highest BCUT2D eigenvalue weighted by molar-refractivity contribution is 6.13. The maximum absolute atomic E-state index is 12.6. The highest BCUT2D eigenvalue weighted by Gasteiger charge is 2.26. The van der Waals surface area contributed by atoms with Crippen LogP contribution < -0.4 is 5.32 Å². The smallest absolute Gasteiger partial charge is 0.248 e. The van der Waals surface area contributed by atoms with E-state index in [1.165, 1.54) is 0 Å². The minimum absolute atomic E-state index is 0.0139. The minimum Gasteiger partial charge on any atom is -0.493 e. The predicted molar refractivity (Wildman–Crippen MR) is 126 cm³/mol. The van der Waals surface area contributed by atoms with Gasteiger partial charge >= 0.3 is 0 Å². The Labute approximate surface area is 194 Å². The third-order valence-corrected chi connectivity index (χ3v) is 5.85. The second kappa shape index (κ2) is 10.8. The number of anilines is 1. The molecule has 1 aromatic rings. The number of amides is 1. The lowest BCUT2D eigenvalue weighted by Gasteiger charge is -2.26. The number of methoxy groups -OCH3 is 1. The molecule has 2 bridgehead atoms. The molecule has 3 aliphatic rings. The molecule has 0 aromatic carbocycles. The number of H-pyrrole nitrogens is 1. The number of aromatic amines is 1. The summed E-state index contributed by atoms with van der Waals surface area (Å²) in [6, 6.07) is 0. The number of aliphatic imine (C=N–C) groups is 2. The van der Waals surface area contributed by atoms with E-state index in [2.05, 4.69) is 27.2 Å². The lowest BCUT2D eigenvalue weighted by Crippen LogP contribution is -2.35. The molecule has 2 aliphatic heterocycles. The Balaban J connectivity index is 1.65. The number of ether oxygens (including phenoxy) is 3. The van der Waals surface area contributed by atoms with E-state index in [0.717, 1.165) is 42.2 Å². The Kier molecular flexibility index (Phi) is 7.58. The molecule has 0 saturated carbocycles. The van der Waals surface area contributed by atoms with Gasteiger partial charge in [-0.25, -0.2) is 9.98 Å². The third-order valence-electron chi connectivity index (χ3n) is 5.85. The Morgan fingerprint density at radius 1 is 1.24 bits per heavy atom. The molecule has 1 aliphatic carbocycles. The van der Waals surface area contributed by atoms with Crippen LogP contribution in [0.25, 0.3) is 0 Å². The monoisotopic (exact) mass is 456 g/mol. The van der Waals surface area contributed by atoms with Gasteiger partial charge in [-0.1, -0.05) is 0 Å². The number of amidine groups is 1. The number of carbonyl (C=O) groups is 1. The number of nitrogens with zero attached hydrogens (tertiary/aromatic N) is 4. The van der Waals surface area contributed by atoms with E-state index in [0.29, 0.717) is 37.8 Å². The fraction of sp³-hybridized carbons (Fsp3) is 0.522. The summed E-state index contributed by atoms with van der Waals surface area (Å²) >= 11 is 0. The topological polar surface area (TPSA) is 104 Å². The molecule has 10 nitrogen and oxygen atoms in total. The quantitative estimate of drug-likeness (QED) is 0.669. The molecule has 2 N–H and O–H groups in total. The molecule has 1 atom stereocenters. The van der Waals surface area contributed by atoms with Crippen molar-refractivity contribution < 1.29 is 19.0 Å². The molecule has 4 rings (SSSR count). The second-order valence-electron chi connectivity index (χ2n) is 8.38. The first-order chi connectivity index (χ1) is 16.0. The predicted octanol–water partition coefficient (Wildman–Crippen LogP) is 1.73. The molecule has 0 spiro atoms. The van der Waals surface area contributed by atoms with Crippen molar-refractivity contribution >= 4 is 23.9 Å². The van der Waals surface area contributed by atoms with Crippen LogP contribution in [0.15, 0.2) is 39.8 Å². The van der Waals surface area contributed by atoms with Crippen LogP contribution >= 0.6 is 0 Å². The first-order valence-electron chi connectivity index (χ1n) is 11.2. The lowest BCUT2D eigenvalue weighted by molar-refractivity contribution is -0.137. The maximum atomic E-state index is 12.6. The number of aromatic nitrogens is 1. The van der Waals surface area contributed by atoms with E-state index in [1.54, 1.807) is 18.3 Å². The van der Waals surface area contributed by atoms with Gasteiger partial charge in [-0.3, -0.25) is 4.79 Å². The summed E-state index contributed by atoms with van der Waals surface area (Å²) in [7, 11) is 5.52. The number of hydrogen-bond acceptors (Lipinski definition) is 8. The summed E-state index contributed by atoms with van der Waals surface area (Å²) in [5.74, 6) is 2.16. The molecule has 0 fully saturated rings. The summed E-state index contributed by atoms with van der Waals surface area (Å²) in [6.45, 7) is 3.14. The van der Waals surface area contributed by atoms with Crippen molar-refractivity contribution in [2.75, 3.05) is 59.4 Å². The number of nitrogens with one attached hydrogen (secondary N) is 2. The van der Waals surface area contributed by atoms with Gasteiger partial charge in [0.2, 0.25) is 5.91 Å². The standard InChI is InChI=1S/C23H32N6O4/c1-28-7-4-8-29(2)20(30)14-33-19-11-17(5-6-18(19)32-10-9-31-3)27-23-21-16(13-28)12-24-22(21)25-15-26-23/h5-6,12,15,19H,4,7-11,13-14H2,1-3H3,(H2,24,25,26,27). The number of allylic oxidation sites excluding steroid dienone is 2. The third kappa shape index (κ3) is 5.70. The Morgan fingerprint density at radius 3 is 2.97 bits per heavy atom. The molecule has 1 unspecified atom stereocenters. The van der Waals surface area contributed by atoms with Crippen LogP contribution in [-0.2, 0) is 25.5 Å². The van der Waals surface area contributed by atoms with E-state index in [-0.39, 0.29) is 12.5 Å². The van der Waals surface area contributed by atoms with Gasteiger partial charge in [0.1, 0.15) is 30.9 Å². The van der Waals surface area contributed by atoms with Crippen LogP contribution in [0.3, 0.4) is 0 Å². The van der Waals surface area contributed by atoms with Gasteiger partial charge in [-0.05, 0) is 37.7 Å². The maximum Gasteiger partial charge on any atom is 0.248 e. The van der Waals surface area contributed by atoms with Gasteiger partial charge in [-0.2, -0.15) is 0 Å². The van der Waals surface area contributed by atoms with Gasteiger partial charge in [0.15, 0.2) is 5.84 Å². The highest BCUT2D eigenvalue weighted by atomic mass is 16.6. The molecule has 10 heteroatoms. The van der Waals surface area contributed by atoms with Gasteiger partial charge in [-0.15, -0.1) is 0 Å². The van der Waals surface area contributed by atoms with Crippen LogP contribution in [0.2, 0.25) is 0 Å². The Hall–Kier alpha value is -2.95. The molecular weight excluding hydrogens is 424 g/mol. The van der Waals surface area contributed by atoms with Crippen LogP contribution in [-0.4, -0.2) is 93.1 Å². The molecule has 0 saturated heterocycles. The zero-order valence-corrected chi connectivity index (χ0v) is 19.5. The molecule has 1 amide bonds. The van der Waals surface area contributed by atoms with Gasteiger partial charge in [0.25, 0.3) is 0 Å². The average molecular weight is 457 g/mol. The molecule has 178 valence electrons. The molecule has 0 radical (unpaired) electrons. The van der Waals surface area contributed by atoms with Crippen LogP contribution in [0.1, 0.15) is 24.0 Å². The Bertz CT molecular complexity index is 980. The fourth-order valence-corrected chi connectivity index (χ4v) is 4.01. The van der Waals surface area contributed by atoms with Crippen LogP contribution in [0.5, 0.6) is 0 Å². The molecule has 1 aromatic heterocycles. The van der Waals surface area contributed by atoms with Crippen molar-refractivity contribution in [1.29, 1.82) is 0 Å². The van der Waals surface area contributed by atoms with Crippen molar-refractivity contribution in [1.82, 2.24) is 14.8 Å². The SMILES string of the molecule is COCCOC1=CC=C2CC1OCC(=O)N(C)CCCN(C)Cc1c[nH]c3c1/C(=N/2)N=CN3. The normalized spacial score (nSPS) is 23.7. The summed E-state index contributed by atoms with van der Waals surface area (Å²) in [5, 5.41) is 3.17. The fourth-order valence-electron chi connectivity index (χ4n) is 4.01.